The van der Waals surface area contributed by atoms with Gasteiger partial charge in [0.1, 0.15) is 17.5 Å². The fourth-order valence-electron chi connectivity index (χ4n) is 1.62. The van der Waals surface area contributed by atoms with Crippen LogP contribution in [0.5, 0.6) is 0 Å². The van der Waals surface area contributed by atoms with Crippen molar-refractivity contribution in [1.29, 1.82) is 0 Å². The molecule has 1 N–H and O–H groups in total. The molecule has 0 radical (unpaired) electrons. The van der Waals surface area contributed by atoms with Crippen LogP contribution in [-0.2, 0) is 0 Å². The summed E-state index contributed by atoms with van der Waals surface area (Å²) >= 11 is 0. The molecule has 0 unspecified atom stereocenters. The third-order valence-electron chi connectivity index (χ3n) is 2.40. The molecular formula is C11H7N5O. The summed E-state index contributed by atoms with van der Waals surface area (Å²) < 4.78 is 0. The van der Waals surface area contributed by atoms with Crippen LogP contribution in [0.2, 0.25) is 0 Å². The van der Waals surface area contributed by atoms with Crippen LogP contribution >= 0.6 is 0 Å². The van der Waals surface area contributed by atoms with E-state index < -0.39 is 0 Å². The average Bonchev–Trinajstić information content (AvgIpc) is 2.41. The van der Waals surface area contributed by atoms with E-state index in [1.807, 2.05) is 12.1 Å². The first-order valence-electron chi connectivity index (χ1n) is 4.95. The SMILES string of the molecule is O=c1[nH]nc(-c2ccncc2)c2ncncc12. The highest BCUT2D eigenvalue weighted by molar-refractivity contribution is 5.89. The number of H-pyrrole nitrogens is 1. The Morgan fingerprint density at radius 3 is 2.76 bits per heavy atom. The lowest BCUT2D eigenvalue weighted by Gasteiger charge is -2.02. The molecule has 6 heteroatoms. The monoisotopic (exact) mass is 225 g/mol. The van der Waals surface area contributed by atoms with E-state index in [0.717, 1.165) is 5.56 Å². The second-order valence-electron chi connectivity index (χ2n) is 3.42. The summed E-state index contributed by atoms with van der Waals surface area (Å²) in [6.07, 6.45) is 6.20. The molecular weight excluding hydrogens is 218 g/mol. The molecule has 0 aliphatic heterocycles. The van der Waals surface area contributed by atoms with E-state index in [1.165, 1.54) is 12.5 Å². The van der Waals surface area contributed by atoms with Crippen LogP contribution in [0.3, 0.4) is 0 Å². The summed E-state index contributed by atoms with van der Waals surface area (Å²) in [5, 5.41) is 6.88. The van der Waals surface area contributed by atoms with E-state index >= 15 is 0 Å². The number of pyridine rings is 1. The first-order chi connectivity index (χ1) is 8.36. The predicted octanol–water partition coefficient (Wildman–Crippen LogP) is 0.775. The van der Waals surface area contributed by atoms with E-state index in [0.29, 0.717) is 16.6 Å². The molecule has 17 heavy (non-hydrogen) atoms. The zero-order chi connectivity index (χ0) is 11.7. The van der Waals surface area contributed by atoms with E-state index in [2.05, 4.69) is 25.1 Å². The lowest BCUT2D eigenvalue weighted by Crippen LogP contribution is -2.10. The minimum atomic E-state index is -0.293. The van der Waals surface area contributed by atoms with Crippen molar-refractivity contribution >= 4 is 10.9 Å². The van der Waals surface area contributed by atoms with Crippen molar-refractivity contribution < 1.29 is 0 Å². The van der Waals surface area contributed by atoms with Crippen molar-refractivity contribution in [2.24, 2.45) is 0 Å². The van der Waals surface area contributed by atoms with E-state index in [4.69, 9.17) is 0 Å². The van der Waals surface area contributed by atoms with Gasteiger partial charge in [0.05, 0.1) is 5.39 Å². The number of rotatable bonds is 1. The van der Waals surface area contributed by atoms with Gasteiger partial charge in [-0.25, -0.2) is 15.1 Å². The van der Waals surface area contributed by atoms with Gasteiger partial charge in [0.25, 0.3) is 5.56 Å². The molecule has 0 spiro atoms. The van der Waals surface area contributed by atoms with Gasteiger partial charge in [-0.05, 0) is 12.1 Å². The lowest BCUT2D eigenvalue weighted by molar-refractivity contribution is 1.00. The maximum Gasteiger partial charge on any atom is 0.275 e. The Labute approximate surface area is 95.4 Å². The number of hydrogen-bond acceptors (Lipinski definition) is 5. The number of hydrogen-bond donors (Lipinski definition) is 1. The van der Waals surface area contributed by atoms with Gasteiger partial charge >= 0.3 is 0 Å². The number of nitrogens with one attached hydrogen (secondary N) is 1. The van der Waals surface area contributed by atoms with Crippen molar-refractivity contribution in [3.63, 3.8) is 0 Å². The van der Waals surface area contributed by atoms with Gasteiger partial charge in [-0.3, -0.25) is 9.78 Å². The Hall–Kier alpha value is -2.63. The van der Waals surface area contributed by atoms with Gasteiger partial charge in [-0.15, -0.1) is 0 Å². The second kappa shape index (κ2) is 3.75. The number of nitrogens with zero attached hydrogens (tertiary/aromatic N) is 4. The third-order valence-corrected chi connectivity index (χ3v) is 2.40. The van der Waals surface area contributed by atoms with Crippen LogP contribution in [0.4, 0.5) is 0 Å². The fraction of sp³-hybridized carbons (Fsp3) is 0. The Balaban J connectivity index is 2.39. The first kappa shape index (κ1) is 9.59. The van der Waals surface area contributed by atoms with Crippen LogP contribution in [-0.4, -0.2) is 25.1 Å². The number of aromatic amines is 1. The summed E-state index contributed by atoms with van der Waals surface area (Å²) in [6, 6.07) is 3.62. The van der Waals surface area contributed by atoms with Crippen LogP contribution in [0.25, 0.3) is 22.2 Å². The molecule has 3 rings (SSSR count). The molecule has 82 valence electrons. The van der Waals surface area contributed by atoms with Crippen LogP contribution in [0.15, 0.2) is 41.8 Å². The molecule has 6 nitrogen and oxygen atoms in total. The topological polar surface area (TPSA) is 84.4 Å². The van der Waals surface area contributed by atoms with Crippen molar-refractivity contribution in [2.45, 2.75) is 0 Å². The normalized spacial score (nSPS) is 10.6. The predicted molar refractivity (Wildman–Crippen MR) is 61.2 cm³/mol. The summed E-state index contributed by atoms with van der Waals surface area (Å²) in [7, 11) is 0. The van der Waals surface area contributed by atoms with Gasteiger partial charge < -0.3 is 0 Å². The van der Waals surface area contributed by atoms with Crippen molar-refractivity contribution in [1.82, 2.24) is 25.1 Å². The summed E-state index contributed by atoms with van der Waals surface area (Å²) in [5.41, 5.74) is 1.71. The first-order valence-corrected chi connectivity index (χ1v) is 4.95. The molecule has 3 heterocycles. The van der Waals surface area contributed by atoms with Gasteiger partial charge in [0, 0.05) is 24.2 Å². The van der Waals surface area contributed by atoms with Crippen LogP contribution < -0.4 is 5.56 Å². The highest BCUT2D eigenvalue weighted by atomic mass is 16.1. The molecule has 0 atom stereocenters. The molecule has 0 saturated carbocycles. The zero-order valence-electron chi connectivity index (χ0n) is 8.66. The quantitative estimate of drug-likeness (QED) is 0.661. The smallest absolute Gasteiger partial charge is 0.267 e. The third kappa shape index (κ3) is 1.55. The maximum absolute atomic E-state index is 11.6. The van der Waals surface area contributed by atoms with Crippen molar-refractivity contribution in [2.75, 3.05) is 0 Å². The van der Waals surface area contributed by atoms with Gasteiger partial charge in [0.15, 0.2) is 0 Å². The van der Waals surface area contributed by atoms with E-state index in [9.17, 15) is 4.79 Å². The van der Waals surface area contributed by atoms with Gasteiger partial charge in [-0.2, -0.15) is 5.10 Å². The Morgan fingerprint density at radius 1 is 1.12 bits per heavy atom. The molecule has 0 aromatic carbocycles. The van der Waals surface area contributed by atoms with E-state index in [-0.39, 0.29) is 5.56 Å². The highest BCUT2D eigenvalue weighted by Gasteiger charge is 2.09. The highest BCUT2D eigenvalue weighted by Crippen LogP contribution is 2.20. The molecule has 0 aliphatic rings. The minimum absolute atomic E-state index is 0.293. The standard InChI is InChI=1S/C11H7N5O/c17-11-8-5-13-6-14-10(8)9(15-16-11)7-1-3-12-4-2-7/h1-6H,(H,16,17). The molecule has 0 aliphatic carbocycles. The Morgan fingerprint density at radius 2 is 1.94 bits per heavy atom. The molecule has 0 amide bonds. The van der Waals surface area contributed by atoms with Gasteiger partial charge in [0.2, 0.25) is 0 Å². The zero-order valence-corrected chi connectivity index (χ0v) is 8.66. The van der Waals surface area contributed by atoms with Gasteiger partial charge in [-0.1, -0.05) is 0 Å². The molecule has 3 aromatic heterocycles. The van der Waals surface area contributed by atoms with E-state index in [1.54, 1.807) is 12.4 Å². The molecule has 0 fully saturated rings. The van der Waals surface area contributed by atoms with Crippen LogP contribution in [0, 0.1) is 0 Å². The lowest BCUT2D eigenvalue weighted by atomic mass is 10.1. The molecule has 0 bridgehead atoms. The maximum atomic E-state index is 11.6. The fourth-order valence-corrected chi connectivity index (χ4v) is 1.62. The summed E-state index contributed by atoms with van der Waals surface area (Å²) in [5.74, 6) is 0. The second-order valence-corrected chi connectivity index (χ2v) is 3.42. The minimum Gasteiger partial charge on any atom is -0.267 e. The van der Waals surface area contributed by atoms with Crippen LogP contribution in [0.1, 0.15) is 0 Å². The number of fused-ring (bicyclic) bond motifs is 1. The Bertz CT molecular complexity index is 723. The molecule has 3 aromatic rings. The molecule has 0 saturated heterocycles. The van der Waals surface area contributed by atoms with Crippen molar-refractivity contribution in [3.05, 3.63) is 47.4 Å². The largest absolute Gasteiger partial charge is 0.275 e. The Kier molecular flexibility index (Phi) is 2.11. The van der Waals surface area contributed by atoms with Crippen molar-refractivity contribution in [3.8, 4) is 11.3 Å². The summed E-state index contributed by atoms with van der Waals surface area (Å²) in [4.78, 5) is 23.4. The average molecular weight is 225 g/mol. The number of aromatic nitrogens is 5. The summed E-state index contributed by atoms with van der Waals surface area (Å²) in [6.45, 7) is 0.